The predicted molar refractivity (Wildman–Crippen MR) is 216 cm³/mol. The Morgan fingerprint density at radius 2 is 1.14 bits per heavy atom. The van der Waals surface area contributed by atoms with Gasteiger partial charge in [0.1, 0.15) is 41.8 Å². The summed E-state index contributed by atoms with van der Waals surface area (Å²) in [6.07, 6.45) is -1.84. The molecule has 6 atom stereocenters. The molecule has 324 valence electrons. The Kier molecular flexibility index (Phi) is 19.0. The number of carbonyl (C=O) groups is 9. The van der Waals surface area contributed by atoms with Gasteiger partial charge in [-0.2, -0.15) is 12.6 Å². The topological polar surface area (TPSA) is 309 Å². The van der Waals surface area contributed by atoms with Crippen LogP contribution in [0.15, 0.2) is 33.5 Å². The Bertz CT molecular complexity index is 1970. The van der Waals surface area contributed by atoms with Crippen molar-refractivity contribution < 1.29 is 57.8 Å². The van der Waals surface area contributed by atoms with Crippen LogP contribution in [0.2, 0.25) is 0 Å². The van der Waals surface area contributed by atoms with Crippen LogP contribution < -0.4 is 42.8 Å². The van der Waals surface area contributed by atoms with Crippen molar-refractivity contribution in [2.45, 2.75) is 110 Å². The second-order valence-electron chi connectivity index (χ2n) is 14.6. The average Bonchev–Trinajstić information content (AvgIpc) is 3.13. The fraction of sp³-hybridized carbons (Fsp3) is 0.526. The maximum atomic E-state index is 13.6. The molecular formula is C38H53N7O13S. The van der Waals surface area contributed by atoms with Crippen LogP contribution in [0.4, 0.5) is 5.69 Å². The number of carboxylic acid groups (broad SMARTS) is 2. The molecule has 0 aliphatic heterocycles. The zero-order valence-corrected chi connectivity index (χ0v) is 34.7. The summed E-state index contributed by atoms with van der Waals surface area (Å²) < 4.78 is 5.22. The van der Waals surface area contributed by atoms with Crippen molar-refractivity contribution in [1.29, 1.82) is 0 Å². The van der Waals surface area contributed by atoms with Gasteiger partial charge in [-0.1, -0.05) is 27.7 Å². The molecule has 21 heteroatoms. The van der Waals surface area contributed by atoms with Crippen LogP contribution >= 0.6 is 12.6 Å². The van der Waals surface area contributed by atoms with Crippen molar-refractivity contribution in [3.05, 3.63) is 40.2 Å². The summed E-state index contributed by atoms with van der Waals surface area (Å²) in [7, 11) is 0. The minimum atomic E-state index is -1.53. The minimum Gasteiger partial charge on any atom is -0.481 e. The molecule has 0 saturated heterocycles. The molecule has 0 saturated carbocycles. The molecular weight excluding hydrogens is 795 g/mol. The summed E-state index contributed by atoms with van der Waals surface area (Å²) in [5, 5.41) is 36.3. The number of aliphatic carboxylic acids is 2. The fourth-order valence-corrected chi connectivity index (χ4v) is 5.91. The summed E-state index contributed by atoms with van der Waals surface area (Å²) >= 11 is 4.18. The minimum absolute atomic E-state index is 0.131. The quantitative estimate of drug-likeness (QED) is 0.0550. The third-order valence-electron chi connectivity index (χ3n) is 8.90. The van der Waals surface area contributed by atoms with E-state index in [4.69, 9.17) is 9.52 Å². The molecule has 1 heterocycles. The van der Waals surface area contributed by atoms with Gasteiger partial charge in [-0.25, -0.2) is 4.79 Å². The second kappa shape index (κ2) is 22.8. The largest absolute Gasteiger partial charge is 0.481 e. The van der Waals surface area contributed by atoms with Crippen molar-refractivity contribution in [3.8, 4) is 0 Å². The molecule has 1 aromatic heterocycles. The Labute approximate surface area is 345 Å². The van der Waals surface area contributed by atoms with E-state index in [0.717, 1.165) is 6.92 Å². The average molecular weight is 848 g/mol. The molecule has 59 heavy (non-hydrogen) atoms. The first kappa shape index (κ1) is 49.2. The van der Waals surface area contributed by atoms with E-state index in [9.17, 15) is 53.1 Å². The van der Waals surface area contributed by atoms with Crippen molar-refractivity contribution in [1.82, 2.24) is 31.9 Å². The van der Waals surface area contributed by atoms with E-state index in [1.54, 1.807) is 46.8 Å². The van der Waals surface area contributed by atoms with E-state index < -0.39 is 126 Å². The molecule has 0 fully saturated rings. The standard InChI is InChI=1S/C38H53N7O13S/c1-17(2)31(37(56)39-20(6)33(52)43-26(16-59)36(55)41-22-8-9-23-19(5)14-30(51)58-27(23)15-22)45-38(57)32(18(3)4)44-35(54)25(11-13-29(49)50)42-34(53)24(40-21(7)46)10-12-28(47)48/h8-9,14-15,17-18,20,24-26,31-32,59H,10-13,16H2,1-7H3,(H,39,56)(H,40,46)(H,41,55)(H,42,53)(H,43,52)(H,44,54)(H,45,57)(H,47,48)(H,49,50)/t20-,24-,25-,26-,31-,32-/m0/s1. The smallest absolute Gasteiger partial charge is 0.336 e. The van der Waals surface area contributed by atoms with Gasteiger partial charge in [0.15, 0.2) is 0 Å². The number of fused-ring (bicyclic) bond motifs is 1. The zero-order valence-electron chi connectivity index (χ0n) is 33.8. The van der Waals surface area contributed by atoms with Crippen LogP contribution in [-0.4, -0.2) is 106 Å². The van der Waals surface area contributed by atoms with Crippen molar-refractivity contribution >= 4 is 82.6 Å². The monoisotopic (exact) mass is 847 g/mol. The van der Waals surface area contributed by atoms with Crippen LogP contribution in [0.1, 0.15) is 72.8 Å². The highest BCUT2D eigenvalue weighted by Crippen LogP contribution is 2.21. The molecule has 0 unspecified atom stereocenters. The lowest BCUT2D eigenvalue weighted by Gasteiger charge is -2.29. The van der Waals surface area contributed by atoms with Crippen molar-refractivity contribution in [3.63, 3.8) is 0 Å². The van der Waals surface area contributed by atoms with Gasteiger partial charge in [-0.15, -0.1) is 0 Å². The first-order chi connectivity index (χ1) is 27.5. The van der Waals surface area contributed by atoms with E-state index in [1.807, 2.05) is 0 Å². The number of benzene rings is 1. The summed E-state index contributed by atoms with van der Waals surface area (Å²) in [6.45, 7) is 10.6. The number of amides is 7. The second-order valence-corrected chi connectivity index (χ2v) is 14.9. The maximum Gasteiger partial charge on any atom is 0.336 e. The zero-order chi connectivity index (χ0) is 44.7. The number of carbonyl (C=O) groups excluding carboxylic acids is 7. The molecule has 0 spiro atoms. The number of anilines is 1. The van der Waals surface area contributed by atoms with Gasteiger partial charge in [0, 0.05) is 48.7 Å². The summed E-state index contributed by atoms with van der Waals surface area (Å²) in [4.78, 5) is 126. The maximum absolute atomic E-state index is 13.6. The Balaban J connectivity index is 2.14. The molecule has 2 aromatic rings. The van der Waals surface area contributed by atoms with Gasteiger partial charge >= 0.3 is 17.6 Å². The Hall–Kier alpha value is -5.99. The van der Waals surface area contributed by atoms with E-state index in [2.05, 4.69) is 49.8 Å². The van der Waals surface area contributed by atoms with Gasteiger partial charge in [-0.3, -0.25) is 43.2 Å². The van der Waals surface area contributed by atoms with Crippen LogP contribution in [0.3, 0.4) is 0 Å². The molecule has 20 nitrogen and oxygen atoms in total. The number of rotatable bonds is 22. The third-order valence-corrected chi connectivity index (χ3v) is 9.27. The Morgan fingerprint density at radius 3 is 1.64 bits per heavy atom. The summed E-state index contributed by atoms with van der Waals surface area (Å²) in [6, 6.07) is -1.78. The van der Waals surface area contributed by atoms with Crippen LogP contribution in [0.5, 0.6) is 0 Å². The number of thiol groups is 1. The first-order valence-electron chi connectivity index (χ1n) is 18.7. The molecule has 0 aliphatic carbocycles. The number of nitrogens with one attached hydrogen (secondary N) is 7. The molecule has 1 aromatic carbocycles. The van der Waals surface area contributed by atoms with Crippen molar-refractivity contribution in [2.75, 3.05) is 11.1 Å². The third kappa shape index (κ3) is 15.7. The van der Waals surface area contributed by atoms with Gasteiger partial charge in [0.2, 0.25) is 41.4 Å². The summed E-state index contributed by atoms with van der Waals surface area (Å²) in [5.74, 6) is -9.43. The lowest BCUT2D eigenvalue weighted by atomic mass is 9.98. The van der Waals surface area contributed by atoms with Crippen LogP contribution in [0.25, 0.3) is 11.0 Å². The van der Waals surface area contributed by atoms with Gasteiger partial charge < -0.3 is 51.8 Å². The number of carboxylic acids is 2. The lowest BCUT2D eigenvalue weighted by molar-refractivity contribution is -0.140. The fourth-order valence-electron chi connectivity index (χ4n) is 5.65. The van der Waals surface area contributed by atoms with Crippen LogP contribution in [-0.2, 0) is 43.2 Å². The Morgan fingerprint density at radius 1 is 0.644 bits per heavy atom. The molecule has 0 radical (unpaired) electrons. The van der Waals surface area contributed by atoms with Gasteiger partial charge in [0.25, 0.3) is 0 Å². The SMILES string of the molecule is CC(=O)N[C@@H](CCC(=O)O)C(=O)N[C@@H](CCC(=O)O)C(=O)N[C@H](C(=O)N[C@H](C(=O)N[C@@H](C)C(=O)N[C@@H](CS)C(=O)Nc1ccc2c(C)cc(=O)oc2c1)C(C)C)C(C)C. The van der Waals surface area contributed by atoms with Gasteiger partial charge in [-0.05, 0) is 56.2 Å². The number of hydrogen-bond donors (Lipinski definition) is 10. The number of hydrogen-bond acceptors (Lipinski definition) is 12. The normalized spacial score (nSPS) is 14.1. The van der Waals surface area contributed by atoms with Crippen molar-refractivity contribution in [2.24, 2.45) is 11.8 Å². The first-order valence-corrected chi connectivity index (χ1v) is 19.4. The molecule has 7 amide bonds. The predicted octanol–water partition coefficient (Wildman–Crippen LogP) is -0.0401. The van der Waals surface area contributed by atoms with E-state index in [0.29, 0.717) is 10.9 Å². The molecule has 2 rings (SSSR count). The van der Waals surface area contributed by atoms with E-state index >= 15 is 0 Å². The number of aryl methyl sites for hydroxylation is 1. The highest BCUT2D eigenvalue weighted by atomic mass is 32.1. The lowest BCUT2D eigenvalue weighted by Crippen LogP contribution is -2.61. The summed E-state index contributed by atoms with van der Waals surface area (Å²) in [5.41, 5.74) is 0.659. The van der Waals surface area contributed by atoms with Gasteiger partial charge in [0.05, 0.1) is 0 Å². The molecule has 9 N–H and O–H groups in total. The highest BCUT2D eigenvalue weighted by Gasteiger charge is 2.35. The molecule has 0 bridgehead atoms. The van der Waals surface area contributed by atoms with E-state index in [-0.39, 0.29) is 23.4 Å². The van der Waals surface area contributed by atoms with Crippen LogP contribution in [0, 0.1) is 18.8 Å². The molecule has 0 aliphatic rings. The highest BCUT2D eigenvalue weighted by molar-refractivity contribution is 7.80. The van der Waals surface area contributed by atoms with E-state index in [1.165, 1.54) is 19.1 Å².